The molecule has 9 heteroatoms. The number of benzene rings is 2. The van der Waals surface area contributed by atoms with Crippen LogP contribution in [0.15, 0.2) is 53.3 Å². The van der Waals surface area contributed by atoms with Gasteiger partial charge in [0.2, 0.25) is 0 Å². The molecule has 0 spiro atoms. The molecular weight excluding hydrogens is 398 g/mol. The number of rotatable bonds is 6. The fourth-order valence-corrected chi connectivity index (χ4v) is 3.63. The summed E-state index contributed by atoms with van der Waals surface area (Å²) in [5.41, 5.74) is 0.800. The van der Waals surface area contributed by atoms with E-state index in [1.165, 1.54) is 28.8 Å². The average Bonchev–Trinajstić information content (AvgIpc) is 2.74. The lowest BCUT2D eigenvalue weighted by molar-refractivity contribution is -0.384. The molecule has 0 aliphatic carbocycles. The zero-order valence-corrected chi connectivity index (χ0v) is 17.9. The van der Waals surface area contributed by atoms with Crippen molar-refractivity contribution in [3.63, 3.8) is 0 Å². The highest BCUT2D eigenvalue weighted by atomic mass is 16.6. The van der Waals surface area contributed by atoms with E-state index in [0.29, 0.717) is 28.8 Å². The Bertz CT molecular complexity index is 1170. The van der Waals surface area contributed by atoms with Crippen LogP contribution >= 0.6 is 0 Å². The molecule has 3 aromatic rings. The minimum atomic E-state index is -0.495. The van der Waals surface area contributed by atoms with Crippen LogP contribution in [-0.4, -0.2) is 31.4 Å². The van der Waals surface area contributed by atoms with E-state index in [9.17, 15) is 19.7 Å². The van der Waals surface area contributed by atoms with Gasteiger partial charge in [0.05, 0.1) is 21.9 Å². The molecule has 162 valence electrons. The highest BCUT2D eigenvalue weighted by Crippen LogP contribution is 2.27. The first-order chi connectivity index (χ1) is 14.7. The Morgan fingerprint density at radius 3 is 2.42 bits per heavy atom. The first kappa shape index (κ1) is 21.9. The summed E-state index contributed by atoms with van der Waals surface area (Å²) < 4.78 is 1.49. The number of nitro groups is 1. The number of non-ortho nitro benzene ring substituents is 1. The highest BCUT2D eigenvalue weighted by Gasteiger charge is 2.30. The second-order valence-corrected chi connectivity index (χ2v) is 7.51. The molecule has 31 heavy (non-hydrogen) atoms. The molecule has 1 N–H and O–H groups in total. The van der Waals surface area contributed by atoms with Crippen LogP contribution in [0.2, 0.25) is 0 Å². The lowest BCUT2D eigenvalue weighted by Crippen LogP contribution is -2.44. The minimum absolute atomic E-state index is 0.0551. The van der Waals surface area contributed by atoms with Crippen LogP contribution in [0.4, 0.5) is 16.2 Å². The van der Waals surface area contributed by atoms with Crippen LogP contribution in [0.25, 0.3) is 10.9 Å². The zero-order valence-electron chi connectivity index (χ0n) is 17.9. The molecule has 2 amide bonds. The standard InChI is InChI=1S/C22H25N5O4/c1-5-19(20-24-18-9-7-6-8-17(18)21(28)25(20)4)26(14(2)3)22(29)23-15-10-12-16(13-11-15)27(30)31/h6-14,19H,5H2,1-4H3,(H,23,29). The normalized spacial score (nSPS) is 12.0. The van der Waals surface area contributed by atoms with Gasteiger partial charge in [0, 0.05) is 30.9 Å². The number of urea groups is 1. The number of nitrogens with zero attached hydrogens (tertiary/aromatic N) is 4. The lowest BCUT2D eigenvalue weighted by atomic mass is 10.1. The van der Waals surface area contributed by atoms with Gasteiger partial charge < -0.3 is 10.2 Å². The first-order valence-corrected chi connectivity index (χ1v) is 10.0. The smallest absolute Gasteiger partial charge is 0.312 e. The third-order valence-electron chi connectivity index (χ3n) is 5.16. The van der Waals surface area contributed by atoms with Crippen molar-refractivity contribution in [2.24, 2.45) is 7.05 Å². The topological polar surface area (TPSA) is 110 Å². The summed E-state index contributed by atoms with van der Waals surface area (Å²) in [7, 11) is 1.66. The molecule has 1 unspecified atom stereocenters. The predicted octanol–water partition coefficient (Wildman–Crippen LogP) is 4.24. The van der Waals surface area contributed by atoms with Gasteiger partial charge in [-0.3, -0.25) is 19.5 Å². The Kier molecular flexibility index (Phi) is 6.33. The number of aromatic nitrogens is 2. The van der Waals surface area contributed by atoms with E-state index in [4.69, 9.17) is 4.98 Å². The summed E-state index contributed by atoms with van der Waals surface area (Å²) in [6.45, 7) is 5.70. The fourth-order valence-electron chi connectivity index (χ4n) is 3.63. The maximum absolute atomic E-state index is 13.2. The summed E-state index contributed by atoms with van der Waals surface area (Å²) in [5, 5.41) is 14.2. The van der Waals surface area contributed by atoms with Crippen molar-refractivity contribution in [2.75, 3.05) is 5.32 Å². The van der Waals surface area contributed by atoms with E-state index in [-0.39, 0.29) is 23.3 Å². The third kappa shape index (κ3) is 4.40. The summed E-state index contributed by atoms with van der Waals surface area (Å²) in [6, 6.07) is 11.8. The molecule has 0 aliphatic rings. The predicted molar refractivity (Wildman–Crippen MR) is 119 cm³/mol. The van der Waals surface area contributed by atoms with E-state index in [2.05, 4.69) is 5.32 Å². The number of fused-ring (bicyclic) bond motifs is 1. The Hall–Kier alpha value is -3.75. The van der Waals surface area contributed by atoms with E-state index in [1.54, 1.807) is 30.1 Å². The van der Waals surface area contributed by atoms with Gasteiger partial charge in [-0.1, -0.05) is 19.1 Å². The molecule has 0 fully saturated rings. The molecule has 2 aromatic carbocycles. The maximum Gasteiger partial charge on any atom is 0.322 e. The van der Waals surface area contributed by atoms with Crippen molar-refractivity contribution in [3.8, 4) is 0 Å². The number of hydrogen-bond acceptors (Lipinski definition) is 5. The second kappa shape index (κ2) is 8.95. The Morgan fingerprint density at radius 1 is 1.19 bits per heavy atom. The Morgan fingerprint density at radius 2 is 1.84 bits per heavy atom. The minimum Gasteiger partial charge on any atom is -0.312 e. The number of carbonyl (C=O) groups excluding carboxylic acids is 1. The van der Waals surface area contributed by atoms with Gasteiger partial charge in [-0.25, -0.2) is 9.78 Å². The van der Waals surface area contributed by atoms with Gasteiger partial charge in [0.15, 0.2) is 0 Å². The zero-order chi connectivity index (χ0) is 22.7. The molecular formula is C22H25N5O4. The van der Waals surface area contributed by atoms with Gasteiger partial charge >= 0.3 is 6.03 Å². The largest absolute Gasteiger partial charge is 0.322 e. The lowest BCUT2D eigenvalue weighted by Gasteiger charge is -2.35. The monoisotopic (exact) mass is 423 g/mol. The van der Waals surface area contributed by atoms with Crippen LogP contribution in [-0.2, 0) is 7.05 Å². The van der Waals surface area contributed by atoms with Gasteiger partial charge in [0.1, 0.15) is 5.82 Å². The van der Waals surface area contributed by atoms with Crippen molar-refractivity contribution in [1.29, 1.82) is 0 Å². The SMILES string of the molecule is CCC(c1nc2ccccc2c(=O)n1C)N(C(=O)Nc1ccc([N+](=O)[O-])cc1)C(C)C. The van der Waals surface area contributed by atoms with E-state index in [0.717, 1.165) is 0 Å². The number of nitro benzene ring substituents is 1. The van der Waals surface area contributed by atoms with Crippen LogP contribution in [0.5, 0.6) is 0 Å². The van der Waals surface area contributed by atoms with Crippen molar-refractivity contribution >= 4 is 28.3 Å². The van der Waals surface area contributed by atoms with Crippen LogP contribution in [0.1, 0.15) is 39.1 Å². The summed E-state index contributed by atoms with van der Waals surface area (Å²) in [6.07, 6.45) is 0.546. The number of para-hydroxylation sites is 1. The summed E-state index contributed by atoms with van der Waals surface area (Å²) >= 11 is 0. The van der Waals surface area contributed by atoms with Crippen LogP contribution in [0.3, 0.4) is 0 Å². The summed E-state index contributed by atoms with van der Waals surface area (Å²) in [5.74, 6) is 0.499. The third-order valence-corrected chi connectivity index (χ3v) is 5.16. The fraction of sp³-hybridized carbons (Fsp3) is 0.318. The van der Waals surface area contributed by atoms with Gasteiger partial charge in [-0.05, 0) is 44.5 Å². The van der Waals surface area contributed by atoms with Gasteiger partial charge in [-0.2, -0.15) is 0 Å². The summed E-state index contributed by atoms with van der Waals surface area (Å²) in [4.78, 5) is 42.7. The number of hydrogen-bond donors (Lipinski definition) is 1. The molecule has 1 atom stereocenters. The molecule has 0 saturated heterocycles. The quantitative estimate of drug-likeness (QED) is 0.471. The Balaban J connectivity index is 1.98. The maximum atomic E-state index is 13.2. The molecule has 9 nitrogen and oxygen atoms in total. The van der Waals surface area contributed by atoms with Crippen LogP contribution in [0, 0.1) is 10.1 Å². The molecule has 0 bridgehead atoms. The van der Waals surface area contributed by atoms with E-state index in [1.807, 2.05) is 26.8 Å². The second-order valence-electron chi connectivity index (χ2n) is 7.51. The Labute approximate surface area is 179 Å². The molecule has 1 aromatic heterocycles. The molecule has 0 saturated carbocycles. The highest BCUT2D eigenvalue weighted by molar-refractivity contribution is 5.90. The number of amides is 2. The number of nitrogens with one attached hydrogen (secondary N) is 1. The van der Waals surface area contributed by atoms with Crippen molar-refractivity contribution < 1.29 is 9.72 Å². The average molecular weight is 423 g/mol. The van der Waals surface area contributed by atoms with Crippen molar-refractivity contribution in [1.82, 2.24) is 14.5 Å². The van der Waals surface area contributed by atoms with Crippen molar-refractivity contribution in [3.05, 3.63) is 74.8 Å². The van der Waals surface area contributed by atoms with E-state index < -0.39 is 11.0 Å². The van der Waals surface area contributed by atoms with Crippen molar-refractivity contribution in [2.45, 2.75) is 39.3 Å². The van der Waals surface area contributed by atoms with E-state index >= 15 is 0 Å². The number of anilines is 1. The number of carbonyl (C=O) groups is 1. The van der Waals surface area contributed by atoms with Gasteiger partial charge in [0.25, 0.3) is 11.2 Å². The molecule has 1 heterocycles. The van der Waals surface area contributed by atoms with Gasteiger partial charge in [-0.15, -0.1) is 0 Å². The van der Waals surface area contributed by atoms with Crippen LogP contribution < -0.4 is 10.9 Å². The molecule has 3 rings (SSSR count). The first-order valence-electron chi connectivity index (χ1n) is 10.0. The molecule has 0 aliphatic heterocycles. The molecule has 0 radical (unpaired) electrons.